The molecule has 0 unspecified atom stereocenters. The van der Waals surface area contributed by atoms with Gasteiger partial charge in [0.15, 0.2) is 0 Å². The SMILES string of the molecule is S=C1/C(=C\Sc2ccccc2)CCc2ccccc21. The fraction of sp³-hybridized carbons (Fsp3) is 0.118. The maximum Gasteiger partial charge on any atom is 0.0489 e. The summed E-state index contributed by atoms with van der Waals surface area (Å²) in [6.07, 6.45) is 2.15. The van der Waals surface area contributed by atoms with Gasteiger partial charge in [0, 0.05) is 9.76 Å². The zero-order chi connectivity index (χ0) is 13.1. The maximum atomic E-state index is 5.62. The molecule has 0 bridgehead atoms. The molecule has 2 aromatic carbocycles. The van der Waals surface area contributed by atoms with E-state index in [9.17, 15) is 0 Å². The highest BCUT2D eigenvalue weighted by Crippen LogP contribution is 2.29. The first-order valence-electron chi connectivity index (χ1n) is 6.38. The second kappa shape index (κ2) is 5.72. The van der Waals surface area contributed by atoms with E-state index in [0.29, 0.717) is 0 Å². The van der Waals surface area contributed by atoms with Gasteiger partial charge in [0.2, 0.25) is 0 Å². The highest BCUT2D eigenvalue weighted by atomic mass is 32.2. The Morgan fingerprint density at radius 1 is 0.895 bits per heavy atom. The van der Waals surface area contributed by atoms with Crippen molar-refractivity contribution in [2.75, 3.05) is 0 Å². The minimum atomic E-state index is 1.02. The molecule has 3 rings (SSSR count). The van der Waals surface area contributed by atoms with Crippen LogP contribution in [0.25, 0.3) is 0 Å². The lowest BCUT2D eigenvalue weighted by Gasteiger charge is -2.19. The van der Waals surface area contributed by atoms with E-state index in [-0.39, 0.29) is 0 Å². The predicted molar refractivity (Wildman–Crippen MR) is 86.8 cm³/mol. The summed E-state index contributed by atoms with van der Waals surface area (Å²) in [5.74, 6) is 0. The number of benzene rings is 2. The third-order valence-corrected chi connectivity index (χ3v) is 4.73. The van der Waals surface area contributed by atoms with E-state index in [4.69, 9.17) is 12.2 Å². The quantitative estimate of drug-likeness (QED) is 0.430. The number of hydrogen-bond acceptors (Lipinski definition) is 2. The number of thiocarbonyl (C=S) groups is 1. The Bertz CT molecular complexity index is 627. The van der Waals surface area contributed by atoms with Crippen LogP contribution in [0.2, 0.25) is 0 Å². The summed E-state index contributed by atoms with van der Waals surface area (Å²) in [6, 6.07) is 18.9. The van der Waals surface area contributed by atoms with Gasteiger partial charge in [-0.15, -0.1) is 0 Å². The Labute approximate surface area is 123 Å². The van der Waals surface area contributed by atoms with E-state index < -0.39 is 0 Å². The molecule has 0 amide bonds. The second-order valence-electron chi connectivity index (χ2n) is 4.56. The molecule has 0 saturated carbocycles. The molecule has 0 aromatic heterocycles. The maximum absolute atomic E-state index is 5.62. The zero-order valence-corrected chi connectivity index (χ0v) is 12.1. The topological polar surface area (TPSA) is 0 Å². The summed E-state index contributed by atoms with van der Waals surface area (Å²) in [7, 11) is 0. The van der Waals surface area contributed by atoms with E-state index in [1.54, 1.807) is 11.8 Å². The molecular formula is C17H14S2. The summed E-state index contributed by atoms with van der Waals surface area (Å²) in [6.45, 7) is 0. The number of thioether (sulfide) groups is 1. The van der Waals surface area contributed by atoms with Gasteiger partial charge in [-0.05, 0) is 47.1 Å². The summed E-state index contributed by atoms with van der Waals surface area (Å²) in [5.41, 5.74) is 3.92. The van der Waals surface area contributed by atoms with Crippen molar-refractivity contribution in [3.63, 3.8) is 0 Å². The van der Waals surface area contributed by atoms with Crippen LogP contribution in [0.4, 0.5) is 0 Å². The van der Waals surface area contributed by atoms with Crippen LogP contribution in [-0.4, -0.2) is 4.86 Å². The molecule has 0 heterocycles. The molecular weight excluding hydrogens is 268 g/mol. The van der Waals surface area contributed by atoms with Gasteiger partial charge in [0.25, 0.3) is 0 Å². The lowest BCUT2D eigenvalue weighted by Crippen LogP contribution is -2.12. The van der Waals surface area contributed by atoms with Crippen LogP contribution in [0.15, 0.2) is 70.5 Å². The highest BCUT2D eigenvalue weighted by Gasteiger charge is 2.17. The van der Waals surface area contributed by atoms with Crippen molar-refractivity contribution >= 4 is 28.8 Å². The van der Waals surface area contributed by atoms with Gasteiger partial charge in [-0.2, -0.15) is 0 Å². The highest BCUT2D eigenvalue weighted by molar-refractivity contribution is 8.02. The molecule has 19 heavy (non-hydrogen) atoms. The largest absolute Gasteiger partial charge is 0.0977 e. The smallest absolute Gasteiger partial charge is 0.0489 e. The number of hydrogen-bond donors (Lipinski definition) is 0. The Kier molecular flexibility index (Phi) is 3.81. The third-order valence-electron chi connectivity index (χ3n) is 3.30. The van der Waals surface area contributed by atoms with E-state index in [1.807, 2.05) is 6.07 Å². The van der Waals surface area contributed by atoms with E-state index in [1.165, 1.54) is 21.6 Å². The molecule has 2 aromatic rings. The molecule has 1 aliphatic carbocycles. The zero-order valence-electron chi connectivity index (χ0n) is 10.5. The number of rotatable bonds is 2. The van der Waals surface area contributed by atoms with Gasteiger partial charge in [-0.25, -0.2) is 0 Å². The fourth-order valence-electron chi connectivity index (χ4n) is 2.27. The predicted octanol–water partition coefficient (Wildman–Crippen LogP) is 5.03. The van der Waals surface area contributed by atoms with E-state index >= 15 is 0 Å². The van der Waals surface area contributed by atoms with Crippen LogP contribution in [0.1, 0.15) is 17.5 Å². The minimum absolute atomic E-state index is 1.02. The van der Waals surface area contributed by atoms with Crippen molar-refractivity contribution in [3.8, 4) is 0 Å². The Morgan fingerprint density at radius 3 is 2.47 bits per heavy atom. The molecule has 0 aliphatic heterocycles. The summed E-state index contributed by atoms with van der Waals surface area (Å²) in [4.78, 5) is 2.28. The monoisotopic (exact) mass is 282 g/mol. The molecule has 0 saturated heterocycles. The van der Waals surface area contributed by atoms with E-state index in [2.05, 4.69) is 53.9 Å². The van der Waals surface area contributed by atoms with Crippen LogP contribution in [0.3, 0.4) is 0 Å². The standard InChI is InChI=1S/C17H14S2/c18-17-14(12-19-15-7-2-1-3-8-15)11-10-13-6-4-5-9-16(13)17/h1-9,12H,10-11H2/b14-12-. The molecule has 0 spiro atoms. The normalized spacial score (nSPS) is 16.4. The third kappa shape index (κ3) is 2.80. The molecule has 0 fully saturated rings. The van der Waals surface area contributed by atoms with Crippen molar-refractivity contribution in [2.24, 2.45) is 0 Å². The Hall–Kier alpha value is -1.38. The summed E-state index contributed by atoms with van der Waals surface area (Å²) < 4.78 is 0. The first-order valence-corrected chi connectivity index (χ1v) is 7.67. The average Bonchev–Trinajstić information content (AvgIpc) is 2.48. The van der Waals surface area contributed by atoms with Crippen LogP contribution >= 0.6 is 24.0 Å². The number of aryl methyl sites for hydroxylation is 1. The molecule has 0 N–H and O–H groups in total. The molecule has 94 valence electrons. The van der Waals surface area contributed by atoms with Crippen LogP contribution in [-0.2, 0) is 6.42 Å². The molecule has 0 radical (unpaired) electrons. The van der Waals surface area contributed by atoms with Gasteiger partial charge < -0.3 is 0 Å². The van der Waals surface area contributed by atoms with Gasteiger partial charge in [-0.1, -0.05) is 66.4 Å². The minimum Gasteiger partial charge on any atom is -0.0977 e. The van der Waals surface area contributed by atoms with Crippen molar-refractivity contribution in [2.45, 2.75) is 17.7 Å². The van der Waals surface area contributed by atoms with Gasteiger partial charge in [-0.3, -0.25) is 0 Å². The fourth-order valence-corrected chi connectivity index (χ4v) is 3.53. The number of allylic oxidation sites excluding steroid dienone is 1. The van der Waals surface area contributed by atoms with Crippen molar-refractivity contribution in [3.05, 3.63) is 76.7 Å². The molecule has 1 aliphatic rings. The number of fused-ring (bicyclic) bond motifs is 1. The lowest BCUT2D eigenvalue weighted by atomic mass is 9.89. The second-order valence-corrected chi connectivity index (χ2v) is 5.91. The molecule has 2 heteroatoms. The van der Waals surface area contributed by atoms with Crippen molar-refractivity contribution < 1.29 is 0 Å². The van der Waals surface area contributed by atoms with Gasteiger partial charge >= 0.3 is 0 Å². The molecule has 0 nitrogen and oxygen atoms in total. The van der Waals surface area contributed by atoms with Gasteiger partial charge in [0.05, 0.1) is 0 Å². The first-order chi connectivity index (χ1) is 9.34. The average molecular weight is 282 g/mol. The summed E-state index contributed by atoms with van der Waals surface area (Å²) >= 11 is 7.37. The van der Waals surface area contributed by atoms with Gasteiger partial charge in [0.1, 0.15) is 0 Å². The first kappa shape index (κ1) is 12.6. The van der Waals surface area contributed by atoms with Crippen molar-refractivity contribution in [1.82, 2.24) is 0 Å². The summed E-state index contributed by atoms with van der Waals surface area (Å²) in [5, 5.41) is 2.22. The Morgan fingerprint density at radius 2 is 1.63 bits per heavy atom. The van der Waals surface area contributed by atoms with Crippen LogP contribution in [0, 0.1) is 0 Å². The van der Waals surface area contributed by atoms with Crippen LogP contribution in [0.5, 0.6) is 0 Å². The molecule has 0 atom stereocenters. The lowest BCUT2D eigenvalue weighted by molar-refractivity contribution is 0.958. The van der Waals surface area contributed by atoms with E-state index in [0.717, 1.165) is 17.7 Å². The van der Waals surface area contributed by atoms with Crippen LogP contribution < -0.4 is 0 Å². The Balaban J connectivity index is 1.82. The van der Waals surface area contributed by atoms with Crippen molar-refractivity contribution in [1.29, 1.82) is 0 Å².